The van der Waals surface area contributed by atoms with Crippen LogP contribution in [0.2, 0.25) is 10.0 Å². The van der Waals surface area contributed by atoms with Gasteiger partial charge in [0.05, 0.1) is 21.3 Å². The lowest BCUT2D eigenvalue weighted by Gasteiger charge is -2.07. The Morgan fingerprint density at radius 1 is 1.22 bits per heavy atom. The Bertz CT molecular complexity index is 988. The molecule has 0 amide bonds. The maximum atomic E-state index is 9.74. The van der Waals surface area contributed by atoms with E-state index in [1.807, 2.05) is 48.3 Å². The second-order valence-electron chi connectivity index (χ2n) is 6.15. The number of aromatic nitrogens is 1. The van der Waals surface area contributed by atoms with Crippen molar-refractivity contribution in [1.29, 1.82) is 0 Å². The molecule has 0 unspecified atom stereocenters. The molecule has 0 fully saturated rings. The number of oxime groups is 1. The first-order valence-electron chi connectivity index (χ1n) is 8.47. The fourth-order valence-electron chi connectivity index (χ4n) is 3.12. The molecule has 1 N–H and O–H groups in total. The highest BCUT2D eigenvalue weighted by Crippen LogP contribution is 2.35. The Hall–Kier alpha value is -1.14. The molecule has 0 saturated heterocycles. The van der Waals surface area contributed by atoms with Crippen LogP contribution in [0.25, 0.3) is 10.9 Å². The minimum atomic E-state index is 0.502. The number of hydrogen-bond acceptors (Lipinski definition) is 3. The molecule has 27 heavy (non-hydrogen) atoms. The molecule has 142 valence electrons. The minimum absolute atomic E-state index is 0.502. The third-order valence-corrected chi connectivity index (χ3v) is 6.69. The summed E-state index contributed by atoms with van der Waals surface area (Å²) in [5.41, 5.74) is 3.39. The zero-order valence-corrected chi connectivity index (χ0v) is 18.7. The number of aryl methyl sites for hydroxylation is 1. The van der Waals surface area contributed by atoms with Crippen LogP contribution in [0.3, 0.4) is 0 Å². The summed E-state index contributed by atoms with van der Waals surface area (Å²) in [5.74, 6) is 1.06. The Kier molecular flexibility index (Phi) is 7.15. The lowest BCUT2D eigenvalue weighted by molar-refractivity contribution is 0.318. The van der Waals surface area contributed by atoms with E-state index in [4.69, 9.17) is 23.2 Å². The van der Waals surface area contributed by atoms with Crippen molar-refractivity contribution < 1.29 is 5.21 Å². The highest BCUT2D eigenvalue weighted by molar-refractivity contribution is 9.10. The van der Waals surface area contributed by atoms with E-state index >= 15 is 0 Å². The first kappa shape index (κ1) is 20.6. The molecule has 0 bridgehead atoms. The van der Waals surface area contributed by atoms with Gasteiger partial charge in [-0.2, -0.15) is 11.8 Å². The molecule has 3 aromatic rings. The number of benzene rings is 2. The number of rotatable bonds is 7. The van der Waals surface area contributed by atoms with Crippen LogP contribution in [-0.2, 0) is 13.0 Å². The maximum absolute atomic E-state index is 9.74. The Labute approximate surface area is 181 Å². The van der Waals surface area contributed by atoms with Crippen LogP contribution in [0, 0.1) is 0 Å². The molecule has 1 heterocycles. The minimum Gasteiger partial charge on any atom is -0.411 e. The molecule has 3 rings (SSSR count). The van der Waals surface area contributed by atoms with Gasteiger partial charge in [-0.1, -0.05) is 68.6 Å². The van der Waals surface area contributed by atoms with E-state index in [-0.39, 0.29) is 0 Å². The summed E-state index contributed by atoms with van der Waals surface area (Å²) in [7, 11) is 0. The zero-order chi connectivity index (χ0) is 19.4. The SMILES string of the molecule is CSCCCn1cc(C(Cc2ccccc2Br)=NO)c2ccc(Cl)c(Cl)c21. The van der Waals surface area contributed by atoms with E-state index in [9.17, 15) is 5.21 Å². The molecule has 0 radical (unpaired) electrons. The summed E-state index contributed by atoms with van der Waals surface area (Å²) in [6, 6.07) is 11.6. The molecule has 0 saturated carbocycles. The first-order valence-corrected chi connectivity index (χ1v) is 11.4. The van der Waals surface area contributed by atoms with Gasteiger partial charge in [-0.15, -0.1) is 0 Å². The number of fused-ring (bicyclic) bond motifs is 1. The lowest BCUT2D eigenvalue weighted by atomic mass is 10.0. The van der Waals surface area contributed by atoms with E-state index in [0.29, 0.717) is 22.2 Å². The monoisotopic (exact) mass is 484 g/mol. The van der Waals surface area contributed by atoms with Crippen molar-refractivity contribution in [2.75, 3.05) is 12.0 Å². The predicted molar refractivity (Wildman–Crippen MR) is 121 cm³/mol. The van der Waals surface area contributed by atoms with Crippen LogP contribution >= 0.6 is 50.9 Å². The Morgan fingerprint density at radius 2 is 2.00 bits per heavy atom. The zero-order valence-electron chi connectivity index (χ0n) is 14.8. The standard InChI is InChI=1S/C20H19BrCl2N2OS/c1-27-10-4-9-25-12-15(14-7-8-17(22)19(23)20(14)25)18(24-26)11-13-5-2-3-6-16(13)21/h2-3,5-8,12,26H,4,9-11H2,1H3. The number of hydrogen-bond donors (Lipinski definition) is 1. The second kappa shape index (κ2) is 9.37. The molecule has 0 aliphatic carbocycles. The van der Waals surface area contributed by atoms with Crippen molar-refractivity contribution in [2.24, 2.45) is 5.16 Å². The highest BCUT2D eigenvalue weighted by Gasteiger charge is 2.18. The van der Waals surface area contributed by atoms with Gasteiger partial charge in [-0.05, 0) is 36.1 Å². The van der Waals surface area contributed by atoms with Crippen molar-refractivity contribution in [2.45, 2.75) is 19.4 Å². The van der Waals surface area contributed by atoms with Crippen molar-refractivity contribution in [3.8, 4) is 0 Å². The van der Waals surface area contributed by atoms with Gasteiger partial charge >= 0.3 is 0 Å². The van der Waals surface area contributed by atoms with Crippen LogP contribution < -0.4 is 0 Å². The predicted octanol–water partition coefficient (Wildman–Crippen LogP) is 6.88. The van der Waals surface area contributed by atoms with Gasteiger partial charge in [0, 0.05) is 34.6 Å². The van der Waals surface area contributed by atoms with Crippen molar-refractivity contribution in [1.82, 2.24) is 4.57 Å². The van der Waals surface area contributed by atoms with Crippen LogP contribution in [0.1, 0.15) is 17.5 Å². The van der Waals surface area contributed by atoms with Gasteiger partial charge in [0.25, 0.3) is 0 Å². The molecule has 0 aliphatic rings. The van der Waals surface area contributed by atoms with Gasteiger partial charge in [0.15, 0.2) is 0 Å². The summed E-state index contributed by atoms with van der Waals surface area (Å²) in [5, 5.41) is 15.3. The molecule has 2 aromatic carbocycles. The van der Waals surface area contributed by atoms with Gasteiger partial charge in [0.2, 0.25) is 0 Å². The second-order valence-corrected chi connectivity index (χ2v) is 8.78. The number of halogens is 3. The van der Waals surface area contributed by atoms with Crippen molar-refractivity contribution >= 4 is 67.5 Å². The van der Waals surface area contributed by atoms with Gasteiger partial charge in [0.1, 0.15) is 0 Å². The molecule has 3 nitrogen and oxygen atoms in total. The van der Waals surface area contributed by atoms with E-state index in [0.717, 1.165) is 45.2 Å². The summed E-state index contributed by atoms with van der Waals surface area (Å²) >= 11 is 18.2. The summed E-state index contributed by atoms with van der Waals surface area (Å²) in [4.78, 5) is 0. The van der Waals surface area contributed by atoms with Gasteiger partial charge < -0.3 is 9.77 Å². The normalized spacial score (nSPS) is 12.1. The number of thioether (sulfide) groups is 1. The maximum Gasteiger partial charge on any atom is 0.0933 e. The van der Waals surface area contributed by atoms with Gasteiger partial charge in [-0.25, -0.2) is 0 Å². The molecule has 0 atom stereocenters. The molecular weight excluding hydrogens is 467 g/mol. The van der Waals surface area contributed by atoms with E-state index in [1.54, 1.807) is 6.07 Å². The molecule has 0 spiro atoms. The van der Waals surface area contributed by atoms with Crippen LogP contribution in [0.5, 0.6) is 0 Å². The van der Waals surface area contributed by atoms with Crippen molar-refractivity contribution in [3.63, 3.8) is 0 Å². The van der Waals surface area contributed by atoms with Crippen molar-refractivity contribution in [3.05, 3.63) is 68.2 Å². The van der Waals surface area contributed by atoms with Crippen LogP contribution in [0.15, 0.2) is 52.2 Å². The smallest absolute Gasteiger partial charge is 0.0933 e. The average Bonchev–Trinajstić information content (AvgIpc) is 3.03. The van der Waals surface area contributed by atoms with E-state index in [2.05, 4.69) is 31.9 Å². The molecular formula is C20H19BrCl2N2OS. The average molecular weight is 486 g/mol. The highest BCUT2D eigenvalue weighted by atomic mass is 79.9. The quantitative estimate of drug-likeness (QED) is 0.171. The third-order valence-electron chi connectivity index (χ3n) is 4.43. The summed E-state index contributed by atoms with van der Waals surface area (Å²) < 4.78 is 3.09. The Morgan fingerprint density at radius 3 is 2.70 bits per heavy atom. The van der Waals surface area contributed by atoms with E-state index < -0.39 is 0 Å². The summed E-state index contributed by atoms with van der Waals surface area (Å²) in [6.45, 7) is 0.825. The molecule has 0 aliphatic heterocycles. The first-order chi connectivity index (χ1) is 13.1. The Balaban J connectivity index is 2.07. The van der Waals surface area contributed by atoms with Crippen LogP contribution in [-0.4, -0.2) is 27.5 Å². The largest absolute Gasteiger partial charge is 0.411 e. The lowest BCUT2D eigenvalue weighted by Crippen LogP contribution is -2.06. The summed E-state index contributed by atoms with van der Waals surface area (Å²) in [6.07, 6.45) is 5.63. The fraction of sp³-hybridized carbons (Fsp3) is 0.250. The molecule has 7 heteroatoms. The van der Waals surface area contributed by atoms with Gasteiger partial charge in [-0.3, -0.25) is 0 Å². The number of nitrogens with zero attached hydrogens (tertiary/aromatic N) is 2. The third kappa shape index (κ3) is 4.48. The topological polar surface area (TPSA) is 37.5 Å². The molecule has 1 aromatic heterocycles. The van der Waals surface area contributed by atoms with E-state index in [1.165, 1.54) is 0 Å². The van der Waals surface area contributed by atoms with Crippen LogP contribution in [0.4, 0.5) is 0 Å². The fourth-order valence-corrected chi connectivity index (χ4v) is 4.39.